The minimum absolute atomic E-state index is 0.481. The lowest BCUT2D eigenvalue weighted by Crippen LogP contribution is -2.40. The molecule has 17 heavy (non-hydrogen) atoms. The van der Waals surface area contributed by atoms with E-state index in [4.69, 9.17) is 0 Å². The third-order valence-corrected chi connectivity index (χ3v) is 5.55. The number of thioether (sulfide) groups is 1. The van der Waals surface area contributed by atoms with Gasteiger partial charge in [0.1, 0.15) is 0 Å². The van der Waals surface area contributed by atoms with Gasteiger partial charge in [0, 0.05) is 22.8 Å². The highest BCUT2D eigenvalue weighted by Gasteiger charge is 2.27. The number of nitrogens with one attached hydrogen (secondary N) is 1. The third kappa shape index (κ3) is 4.01. The van der Waals surface area contributed by atoms with Crippen LogP contribution in [0.25, 0.3) is 0 Å². The molecular weight excluding hydrogens is 294 g/mol. The summed E-state index contributed by atoms with van der Waals surface area (Å²) in [4.78, 5) is 0. The first-order valence-electron chi connectivity index (χ1n) is 6.11. The first kappa shape index (κ1) is 13.4. The van der Waals surface area contributed by atoms with E-state index in [1.807, 2.05) is 0 Å². The standard InChI is InChI=1S/C14H20BrNS/c1-14(2)7-12(9-17-10-14)16-8-11-5-3-4-6-13(11)15/h3-6,12,16H,7-10H2,1-2H3. The molecule has 1 aromatic rings. The number of benzene rings is 1. The molecule has 3 heteroatoms. The number of rotatable bonds is 3. The van der Waals surface area contributed by atoms with Crippen molar-refractivity contribution in [3.8, 4) is 0 Å². The molecule has 1 aliphatic heterocycles. The summed E-state index contributed by atoms with van der Waals surface area (Å²) >= 11 is 5.67. The molecule has 0 saturated carbocycles. The van der Waals surface area contributed by atoms with Crippen molar-refractivity contribution in [1.82, 2.24) is 5.32 Å². The predicted octanol–water partition coefficient (Wildman–Crippen LogP) is 4.07. The van der Waals surface area contributed by atoms with Crippen LogP contribution in [0.15, 0.2) is 28.7 Å². The fraction of sp³-hybridized carbons (Fsp3) is 0.571. The van der Waals surface area contributed by atoms with Gasteiger partial charge in [-0.3, -0.25) is 0 Å². The largest absolute Gasteiger partial charge is 0.309 e. The summed E-state index contributed by atoms with van der Waals surface area (Å²) in [6, 6.07) is 9.10. The van der Waals surface area contributed by atoms with E-state index in [9.17, 15) is 0 Å². The van der Waals surface area contributed by atoms with E-state index in [0.717, 1.165) is 6.54 Å². The Labute approximate surface area is 117 Å². The Bertz CT molecular complexity index is 378. The van der Waals surface area contributed by atoms with Crippen LogP contribution < -0.4 is 5.32 Å². The number of hydrogen-bond acceptors (Lipinski definition) is 2. The maximum absolute atomic E-state index is 3.68. The minimum atomic E-state index is 0.481. The maximum atomic E-state index is 3.68. The Hall–Kier alpha value is 0.01000. The summed E-state index contributed by atoms with van der Waals surface area (Å²) in [5, 5.41) is 3.68. The van der Waals surface area contributed by atoms with Gasteiger partial charge in [-0.15, -0.1) is 0 Å². The fourth-order valence-corrected chi connectivity index (χ4v) is 4.02. The van der Waals surface area contributed by atoms with Gasteiger partial charge in [-0.1, -0.05) is 48.0 Å². The second kappa shape index (κ2) is 5.77. The van der Waals surface area contributed by atoms with Crippen molar-refractivity contribution in [2.45, 2.75) is 32.9 Å². The zero-order valence-corrected chi connectivity index (χ0v) is 12.9. The van der Waals surface area contributed by atoms with E-state index in [1.54, 1.807) is 0 Å². The molecule has 1 unspecified atom stereocenters. The quantitative estimate of drug-likeness (QED) is 0.902. The predicted molar refractivity (Wildman–Crippen MR) is 80.5 cm³/mol. The highest BCUT2D eigenvalue weighted by atomic mass is 79.9. The lowest BCUT2D eigenvalue weighted by Gasteiger charge is -2.35. The molecule has 94 valence electrons. The second-order valence-corrected chi connectivity index (χ2v) is 7.44. The molecule has 1 saturated heterocycles. The van der Waals surface area contributed by atoms with Crippen LogP contribution in [0.4, 0.5) is 0 Å². The molecule has 0 aliphatic carbocycles. The van der Waals surface area contributed by atoms with Crippen molar-refractivity contribution >= 4 is 27.7 Å². The third-order valence-electron chi connectivity index (χ3n) is 3.15. The summed E-state index contributed by atoms with van der Waals surface area (Å²) in [7, 11) is 0. The fourth-order valence-electron chi connectivity index (χ4n) is 2.29. The molecule has 1 fully saturated rings. The molecule has 1 aliphatic rings. The molecule has 2 rings (SSSR count). The zero-order valence-electron chi connectivity index (χ0n) is 10.5. The molecule has 1 aromatic carbocycles. The van der Waals surface area contributed by atoms with E-state index in [2.05, 4.69) is 71.1 Å². The van der Waals surface area contributed by atoms with Gasteiger partial charge in [-0.2, -0.15) is 11.8 Å². The zero-order chi connectivity index (χ0) is 12.3. The van der Waals surface area contributed by atoms with E-state index in [1.165, 1.54) is 28.0 Å². The van der Waals surface area contributed by atoms with Crippen molar-refractivity contribution in [2.24, 2.45) is 5.41 Å². The molecule has 1 nitrogen and oxygen atoms in total. The highest BCUT2D eigenvalue weighted by molar-refractivity contribution is 9.10. The summed E-state index contributed by atoms with van der Waals surface area (Å²) in [5.74, 6) is 2.54. The summed E-state index contributed by atoms with van der Waals surface area (Å²) in [5.41, 5.74) is 1.83. The second-order valence-electron chi connectivity index (χ2n) is 5.55. The monoisotopic (exact) mass is 313 g/mol. The van der Waals surface area contributed by atoms with Crippen molar-refractivity contribution in [2.75, 3.05) is 11.5 Å². The topological polar surface area (TPSA) is 12.0 Å². The number of halogens is 1. The molecule has 0 bridgehead atoms. The Morgan fingerprint density at radius 3 is 2.88 bits per heavy atom. The summed E-state index contributed by atoms with van der Waals surface area (Å²) < 4.78 is 1.20. The lowest BCUT2D eigenvalue weighted by molar-refractivity contribution is 0.317. The van der Waals surface area contributed by atoms with Crippen LogP contribution in [0.2, 0.25) is 0 Å². The molecular formula is C14H20BrNS. The van der Waals surface area contributed by atoms with E-state index in [-0.39, 0.29) is 0 Å². The molecule has 1 heterocycles. The average Bonchev–Trinajstić information content (AvgIpc) is 2.27. The molecule has 0 radical (unpaired) electrons. The van der Waals surface area contributed by atoms with Crippen LogP contribution in [0.3, 0.4) is 0 Å². The van der Waals surface area contributed by atoms with Gasteiger partial charge in [0.05, 0.1) is 0 Å². The molecule has 0 aromatic heterocycles. The van der Waals surface area contributed by atoms with Gasteiger partial charge < -0.3 is 5.32 Å². The lowest BCUT2D eigenvalue weighted by atomic mass is 9.88. The van der Waals surface area contributed by atoms with Crippen LogP contribution in [0.1, 0.15) is 25.8 Å². The number of hydrogen-bond donors (Lipinski definition) is 1. The summed E-state index contributed by atoms with van der Waals surface area (Å²) in [6.07, 6.45) is 1.28. The van der Waals surface area contributed by atoms with Gasteiger partial charge in [-0.25, -0.2) is 0 Å². The maximum Gasteiger partial charge on any atom is 0.0220 e. The van der Waals surface area contributed by atoms with Crippen molar-refractivity contribution in [3.63, 3.8) is 0 Å². The van der Waals surface area contributed by atoms with Crippen LogP contribution >= 0.6 is 27.7 Å². The van der Waals surface area contributed by atoms with Crippen molar-refractivity contribution < 1.29 is 0 Å². The van der Waals surface area contributed by atoms with Crippen molar-refractivity contribution in [3.05, 3.63) is 34.3 Å². The normalized spacial score (nSPS) is 23.6. The van der Waals surface area contributed by atoms with Gasteiger partial charge >= 0.3 is 0 Å². The van der Waals surface area contributed by atoms with Gasteiger partial charge in [0.2, 0.25) is 0 Å². The molecule has 0 amide bonds. The first-order valence-corrected chi connectivity index (χ1v) is 8.06. The highest BCUT2D eigenvalue weighted by Crippen LogP contribution is 2.33. The van der Waals surface area contributed by atoms with Crippen LogP contribution in [0.5, 0.6) is 0 Å². The molecule has 0 spiro atoms. The SMILES string of the molecule is CC1(C)CSCC(NCc2ccccc2Br)C1. The van der Waals surface area contributed by atoms with Crippen LogP contribution in [-0.4, -0.2) is 17.5 Å². The van der Waals surface area contributed by atoms with Gasteiger partial charge in [0.25, 0.3) is 0 Å². The van der Waals surface area contributed by atoms with Crippen LogP contribution in [0, 0.1) is 5.41 Å². The first-order chi connectivity index (χ1) is 8.07. The Kier molecular flexibility index (Phi) is 4.56. The average molecular weight is 314 g/mol. The Morgan fingerprint density at radius 1 is 1.41 bits per heavy atom. The smallest absolute Gasteiger partial charge is 0.0220 e. The summed E-state index contributed by atoms with van der Waals surface area (Å²) in [6.45, 7) is 5.70. The van der Waals surface area contributed by atoms with E-state index in [0.29, 0.717) is 11.5 Å². The Balaban J connectivity index is 1.88. The minimum Gasteiger partial charge on any atom is -0.309 e. The Morgan fingerprint density at radius 2 is 2.18 bits per heavy atom. The molecule has 1 atom stereocenters. The van der Waals surface area contributed by atoms with Crippen LogP contribution in [-0.2, 0) is 6.54 Å². The van der Waals surface area contributed by atoms with Gasteiger partial charge in [-0.05, 0) is 29.2 Å². The van der Waals surface area contributed by atoms with Crippen molar-refractivity contribution in [1.29, 1.82) is 0 Å². The van der Waals surface area contributed by atoms with E-state index < -0.39 is 0 Å². The van der Waals surface area contributed by atoms with E-state index >= 15 is 0 Å². The van der Waals surface area contributed by atoms with Gasteiger partial charge in [0.15, 0.2) is 0 Å². The molecule has 1 N–H and O–H groups in total.